The topological polar surface area (TPSA) is 68.5 Å². The molecule has 18 heavy (non-hydrogen) atoms. The number of aromatic nitrogens is 3. The monoisotopic (exact) mass is 270 g/mol. The van der Waals surface area contributed by atoms with Crippen molar-refractivity contribution in [3.63, 3.8) is 0 Å². The van der Waals surface area contributed by atoms with Gasteiger partial charge in [0.05, 0.1) is 6.20 Å². The third-order valence-electron chi connectivity index (χ3n) is 3.03. The van der Waals surface area contributed by atoms with Crippen LogP contribution >= 0.6 is 11.3 Å². The lowest BCUT2D eigenvalue weighted by molar-refractivity contribution is -0.0792. The Hall–Kier alpha value is -1.54. The van der Waals surface area contributed by atoms with Crippen molar-refractivity contribution in [1.82, 2.24) is 19.9 Å². The molecule has 0 aromatic carbocycles. The van der Waals surface area contributed by atoms with Crippen LogP contribution in [0.5, 0.6) is 0 Å². The lowest BCUT2D eigenvalue weighted by Gasteiger charge is -2.19. The van der Waals surface area contributed by atoms with E-state index in [4.69, 9.17) is 0 Å². The van der Waals surface area contributed by atoms with Crippen LogP contribution in [0.3, 0.4) is 0 Å². The molecule has 3 heterocycles. The molecular weight excluding hydrogens is 259 g/mol. The molecule has 8 heteroatoms. The number of carbonyl (C=O) groups is 1. The van der Waals surface area contributed by atoms with Gasteiger partial charge in [-0.3, -0.25) is 0 Å². The third kappa shape index (κ3) is 1.97. The molecule has 1 aliphatic rings. The Morgan fingerprint density at radius 3 is 3.00 bits per heavy atom. The Labute approximate surface area is 106 Å². The molecule has 1 aliphatic heterocycles. The van der Waals surface area contributed by atoms with Crippen LogP contribution in [-0.2, 0) is 4.94 Å². The minimum absolute atomic E-state index is 0.0619. The first-order valence-electron chi connectivity index (χ1n) is 5.67. The van der Waals surface area contributed by atoms with E-state index in [0.717, 1.165) is 30.9 Å². The molecule has 96 valence electrons. The van der Waals surface area contributed by atoms with Crippen LogP contribution in [0.1, 0.15) is 34.3 Å². The lowest BCUT2D eigenvalue weighted by atomic mass is 9.99. The summed E-state index contributed by atoms with van der Waals surface area (Å²) in [4.78, 5) is 18.7. The third-order valence-corrected chi connectivity index (χ3v) is 4.11. The number of fused-ring (bicyclic) bond motifs is 1. The van der Waals surface area contributed by atoms with Crippen molar-refractivity contribution in [2.75, 3.05) is 13.1 Å². The zero-order valence-electron chi connectivity index (χ0n) is 9.43. The van der Waals surface area contributed by atoms with E-state index >= 15 is 0 Å². The Morgan fingerprint density at radius 2 is 2.33 bits per heavy atom. The van der Waals surface area contributed by atoms with Crippen molar-refractivity contribution in [1.29, 1.82) is 0 Å². The highest BCUT2D eigenvalue weighted by Gasteiger charge is 2.21. The lowest BCUT2D eigenvalue weighted by Crippen LogP contribution is -2.26. The quantitative estimate of drug-likeness (QED) is 0.890. The van der Waals surface area contributed by atoms with Gasteiger partial charge in [0.2, 0.25) is 4.96 Å². The SMILES string of the molecule is O=C(OF)c1cn2nc(C3CCNCC3)sc2n1. The Kier molecular flexibility index (Phi) is 2.96. The smallest absolute Gasteiger partial charge is 0.317 e. The molecule has 0 spiro atoms. The van der Waals surface area contributed by atoms with Gasteiger partial charge in [-0.2, -0.15) is 5.10 Å². The van der Waals surface area contributed by atoms with Crippen LogP contribution in [0.4, 0.5) is 4.53 Å². The zero-order chi connectivity index (χ0) is 12.5. The Morgan fingerprint density at radius 1 is 1.56 bits per heavy atom. The van der Waals surface area contributed by atoms with Gasteiger partial charge < -0.3 is 5.32 Å². The minimum atomic E-state index is -1.09. The summed E-state index contributed by atoms with van der Waals surface area (Å²) in [5.74, 6) is -0.648. The first kappa shape index (κ1) is 11.5. The fraction of sp³-hybridized carbons (Fsp3) is 0.500. The number of hydrogen-bond acceptors (Lipinski definition) is 6. The first-order valence-corrected chi connectivity index (χ1v) is 6.49. The van der Waals surface area contributed by atoms with Gasteiger partial charge in [0, 0.05) is 10.4 Å². The number of rotatable bonds is 2. The van der Waals surface area contributed by atoms with Gasteiger partial charge in [-0.05, 0) is 25.9 Å². The van der Waals surface area contributed by atoms with Crippen LogP contribution in [0.15, 0.2) is 6.20 Å². The van der Waals surface area contributed by atoms with E-state index in [1.54, 1.807) is 0 Å². The summed E-state index contributed by atoms with van der Waals surface area (Å²) in [6.07, 6.45) is 3.49. The normalized spacial score (nSPS) is 17.2. The molecule has 2 aromatic rings. The Bertz CT molecular complexity index is 544. The van der Waals surface area contributed by atoms with E-state index in [1.165, 1.54) is 22.0 Å². The van der Waals surface area contributed by atoms with Gasteiger partial charge in [0.1, 0.15) is 5.01 Å². The molecule has 1 saturated heterocycles. The van der Waals surface area contributed by atoms with Crippen molar-refractivity contribution in [3.8, 4) is 0 Å². The number of piperidine rings is 1. The second-order valence-corrected chi connectivity index (χ2v) is 5.17. The van der Waals surface area contributed by atoms with Crippen LogP contribution in [0.25, 0.3) is 4.96 Å². The molecule has 1 N–H and O–H groups in total. The number of carbonyl (C=O) groups excluding carboxylic acids is 1. The summed E-state index contributed by atoms with van der Waals surface area (Å²) in [7, 11) is 0. The highest BCUT2D eigenvalue weighted by Crippen LogP contribution is 2.29. The molecule has 0 atom stereocenters. The van der Waals surface area contributed by atoms with Crippen molar-refractivity contribution in [3.05, 3.63) is 16.9 Å². The van der Waals surface area contributed by atoms with Gasteiger partial charge >= 0.3 is 5.97 Å². The molecule has 0 bridgehead atoms. The number of nitrogens with one attached hydrogen (secondary N) is 1. The van der Waals surface area contributed by atoms with Gasteiger partial charge in [-0.25, -0.2) is 19.2 Å². The van der Waals surface area contributed by atoms with Crippen LogP contribution in [0, 0.1) is 0 Å². The fourth-order valence-corrected chi connectivity index (χ4v) is 3.14. The van der Waals surface area contributed by atoms with Crippen LogP contribution in [-0.4, -0.2) is 33.7 Å². The maximum absolute atomic E-state index is 11.8. The van der Waals surface area contributed by atoms with Crippen molar-refractivity contribution < 1.29 is 14.3 Å². The number of halogens is 1. The predicted molar refractivity (Wildman–Crippen MR) is 62.2 cm³/mol. The molecule has 0 amide bonds. The maximum Gasteiger partial charge on any atom is 0.399 e. The molecule has 2 aromatic heterocycles. The van der Waals surface area contributed by atoms with E-state index in [9.17, 15) is 9.32 Å². The summed E-state index contributed by atoms with van der Waals surface area (Å²) in [5, 5.41) is 8.70. The largest absolute Gasteiger partial charge is 0.399 e. The number of nitrogens with zero attached hydrogens (tertiary/aromatic N) is 3. The highest BCUT2D eigenvalue weighted by atomic mass is 32.1. The molecule has 3 rings (SSSR count). The number of hydrogen-bond donors (Lipinski definition) is 1. The molecule has 0 saturated carbocycles. The molecule has 6 nitrogen and oxygen atoms in total. The van der Waals surface area contributed by atoms with E-state index < -0.39 is 5.97 Å². The molecular formula is C10H11FN4O2S. The summed E-state index contributed by atoms with van der Waals surface area (Å²) < 4.78 is 13.3. The van der Waals surface area contributed by atoms with Crippen molar-refractivity contribution in [2.24, 2.45) is 0 Å². The van der Waals surface area contributed by atoms with Crippen molar-refractivity contribution >= 4 is 22.3 Å². The van der Waals surface area contributed by atoms with E-state index in [-0.39, 0.29) is 5.69 Å². The van der Waals surface area contributed by atoms with E-state index in [0.29, 0.717) is 10.9 Å². The van der Waals surface area contributed by atoms with Crippen LogP contribution < -0.4 is 5.32 Å². The standard InChI is InChI=1S/C10H11FN4O2S/c11-17-9(16)7-5-15-10(13-7)18-8(14-15)6-1-3-12-4-2-6/h5-6,12H,1-4H2. The van der Waals surface area contributed by atoms with Gasteiger partial charge in [-0.15, -0.1) is 0 Å². The second kappa shape index (κ2) is 4.62. The number of imidazole rings is 1. The van der Waals surface area contributed by atoms with Gasteiger partial charge in [0.15, 0.2) is 5.69 Å². The average Bonchev–Trinajstić information content (AvgIpc) is 2.97. The van der Waals surface area contributed by atoms with Crippen molar-refractivity contribution in [2.45, 2.75) is 18.8 Å². The summed E-state index contributed by atoms with van der Waals surface area (Å²) in [5.41, 5.74) is -0.0619. The van der Waals surface area contributed by atoms with Gasteiger partial charge in [-0.1, -0.05) is 11.3 Å². The summed E-state index contributed by atoms with van der Waals surface area (Å²) in [6.45, 7) is 1.98. The van der Waals surface area contributed by atoms with E-state index in [2.05, 4.69) is 20.3 Å². The van der Waals surface area contributed by atoms with Crippen LogP contribution in [0.2, 0.25) is 0 Å². The molecule has 0 unspecified atom stereocenters. The fourth-order valence-electron chi connectivity index (χ4n) is 2.09. The van der Waals surface area contributed by atoms with E-state index in [1.807, 2.05) is 0 Å². The zero-order valence-corrected chi connectivity index (χ0v) is 10.2. The summed E-state index contributed by atoms with van der Waals surface area (Å²) in [6, 6.07) is 0. The average molecular weight is 270 g/mol. The first-order chi connectivity index (χ1) is 8.78. The predicted octanol–water partition coefficient (Wildman–Crippen LogP) is 1.30. The summed E-state index contributed by atoms with van der Waals surface area (Å²) >= 11 is 1.44. The minimum Gasteiger partial charge on any atom is -0.317 e. The second-order valence-electron chi connectivity index (χ2n) is 4.18. The van der Waals surface area contributed by atoms with Gasteiger partial charge in [0.25, 0.3) is 0 Å². The Balaban J connectivity index is 1.88. The molecule has 0 aliphatic carbocycles. The maximum atomic E-state index is 11.8. The molecule has 1 fully saturated rings. The highest BCUT2D eigenvalue weighted by molar-refractivity contribution is 7.16. The molecule has 0 radical (unpaired) electrons.